The van der Waals surface area contributed by atoms with E-state index in [9.17, 15) is 4.79 Å². The minimum Gasteiger partial charge on any atom is -0.356 e. The van der Waals surface area contributed by atoms with Gasteiger partial charge in [0.05, 0.1) is 4.88 Å². The molecular weight excluding hydrogens is 392 g/mol. The number of thiazole rings is 1. The van der Waals surface area contributed by atoms with E-state index in [-0.39, 0.29) is 5.69 Å². The van der Waals surface area contributed by atoms with Gasteiger partial charge in [-0.3, -0.25) is 4.57 Å². The Bertz CT molecular complexity index is 1190. The van der Waals surface area contributed by atoms with Crippen LogP contribution in [-0.4, -0.2) is 27.6 Å². The third kappa shape index (κ3) is 3.66. The van der Waals surface area contributed by atoms with Gasteiger partial charge in [-0.25, -0.2) is 9.78 Å². The fourth-order valence-electron chi connectivity index (χ4n) is 3.81. The lowest BCUT2D eigenvalue weighted by atomic mass is 10.1. The van der Waals surface area contributed by atoms with Crippen LogP contribution in [0.15, 0.2) is 77.7 Å². The summed E-state index contributed by atoms with van der Waals surface area (Å²) in [6, 6.07) is 22.1. The molecule has 2 aromatic heterocycles. The van der Waals surface area contributed by atoms with Gasteiger partial charge in [-0.05, 0) is 30.9 Å². The lowest BCUT2D eigenvalue weighted by Gasteiger charge is -2.27. The maximum absolute atomic E-state index is 13.0. The molecule has 150 valence electrons. The molecule has 0 saturated carbocycles. The van der Waals surface area contributed by atoms with Crippen LogP contribution in [0.5, 0.6) is 0 Å². The summed E-state index contributed by atoms with van der Waals surface area (Å²) in [6.45, 7) is 1.92. The van der Waals surface area contributed by atoms with Gasteiger partial charge in [0.25, 0.3) is 0 Å². The Hall–Kier alpha value is -3.25. The third-order valence-corrected chi connectivity index (χ3v) is 6.51. The fourth-order valence-corrected chi connectivity index (χ4v) is 4.88. The first kappa shape index (κ1) is 18.8. The Morgan fingerprint density at radius 2 is 1.43 bits per heavy atom. The lowest BCUT2D eigenvalue weighted by Crippen LogP contribution is -2.33. The van der Waals surface area contributed by atoms with E-state index < -0.39 is 0 Å². The normalized spacial score (nSPS) is 14.1. The highest BCUT2D eigenvalue weighted by molar-refractivity contribution is 7.18. The molecule has 0 radical (unpaired) electrons. The SMILES string of the molecule is O=c1nc(N2CCCCC2)ccn1-c1nc(-c2ccccc2)sc1-c1ccccc1. The Labute approximate surface area is 179 Å². The van der Waals surface area contributed by atoms with Crippen molar-refractivity contribution in [3.63, 3.8) is 0 Å². The maximum Gasteiger partial charge on any atom is 0.355 e. The summed E-state index contributed by atoms with van der Waals surface area (Å²) >= 11 is 1.59. The van der Waals surface area contributed by atoms with Crippen LogP contribution in [0.3, 0.4) is 0 Å². The summed E-state index contributed by atoms with van der Waals surface area (Å²) in [6.07, 6.45) is 5.36. The number of aromatic nitrogens is 3. The molecule has 3 heterocycles. The van der Waals surface area contributed by atoms with Crippen molar-refractivity contribution in [1.29, 1.82) is 0 Å². The molecule has 30 heavy (non-hydrogen) atoms. The Kier molecular flexibility index (Phi) is 5.15. The molecule has 2 aromatic carbocycles. The van der Waals surface area contributed by atoms with Gasteiger partial charge in [0.1, 0.15) is 10.8 Å². The van der Waals surface area contributed by atoms with Crippen LogP contribution in [0, 0.1) is 0 Å². The predicted molar refractivity (Wildman–Crippen MR) is 122 cm³/mol. The van der Waals surface area contributed by atoms with E-state index in [2.05, 4.69) is 9.88 Å². The van der Waals surface area contributed by atoms with Gasteiger partial charge in [0.2, 0.25) is 0 Å². The third-order valence-electron chi connectivity index (χ3n) is 5.36. The predicted octanol–water partition coefficient (Wildman–Crippen LogP) is 5.01. The van der Waals surface area contributed by atoms with Gasteiger partial charge in [0.15, 0.2) is 5.82 Å². The van der Waals surface area contributed by atoms with Crippen molar-refractivity contribution >= 4 is 17.2 Å². The zero-order valence-corrected chi connectivity index (χ0v) is 17.4. The molecule has 4 aromatic rings. The van der Waals surface area contributed by atoms with Crippen molar-refractivity contribution in [1.82, 2.24) is 14.5 Å². The molecule has 1 aliphatic rings. The number of benzene rings is 2. The quantitative estimate of drug-likeness (QED) is 0.471. The molecule has 0 amide bonds. The van der Waals surface area contributed by atoms with Crippen LogP contribution in [0.2, 0.25) is 0 Å². The number of nitrogens with zero attached hydrogens (tertiary/aromatic N) is 4. The molecule has 0 unspecified atom stereocenters. The molecule has 0 aliphatic carbocycles. The molecule has 0 N–H and O–H groups in total. The zero-order valence-electron chi connectivity index (χ0n) is 16.6. The monoisotopic (exact) mass is 414 g/mol. The topological polar surface area (TPSA) is 51.0 Å². The number of hydrogen-bond acceptors (Lipinski definition) is 5. The number of rotatable bonds is 4. The van der Waals surface area contributed by atoms with Crippen molar-refractivity contribution in [3.05, 3.63) is 83.4 Å². The van der Waals surface area contributed by atoms with Gasteiger partial charge in [-0.2, -0.15) is 4.98 Å². The van der Waals surface area contributed by atoms with Crippen LogP contribution in [-0.2, 0) is 0 Å². The average Bonchev–Trinajstić information content (AvgIpc) is 3.26. The maximum atomic E-state index is 13.0. The van der Waals surface area contributed by atoms with Gasteiger partial charge < -0.3 is 4.90 Å². The lowest BCUT2D eigenvalue weighted by molar-refractivity contribution is 0.571. The van der Waals surface area contributed by atoms with E-state index in [0.717, 1.165) is 52.8 Å². The highest BCUT2D eigenvalue weighted by Crippen LogP contribution is 2.37. The summed E-state index contributed by atoms with van der Waals surface area (Å²) in [5, 5.41) is 0.886. The largest absolute Gasteiger partial charge is 0.356 e. The van der Waals surface area contributed by atoms with E-state index in [1.807, 2.05) is 72.9 Å². The van der Waals surface area contributed by atoms with Crippen molar-refractivity contribution in [3.8, 4) is 26.8 Å². The average molecular weight is 415 g/mol. The van der Waals surface area contributed by atoms with Gasteiger partial charge in [0, 0.05) is 24.8 Å². The summed E-state index contributed by atoms with van der Waals surface area (Å²) in [4.78, 5) is 25.4. The molecule has 0 atom stereocenters. The minimum absolute atomic E-state index is 0.292. The molecule has 1 aliphatic heterocycles. The fraction of sp³-hybridized carbons (Fsp3) is 0.208. The Morgan fingerprint density at radius 1 is 0.767 bits per heavy atom. The number of anilines is 1. The van der Waals surface area contributed by atoms with Crippen LogP contribution >= 0.6 is 11.3 Å². The first-order valence-electron chi connectivity index (χ1n) is 10.3. The number of hydrogen-bond donors (Lipinski definition) is 0. The highest BCUT2D eigenvalue weighted by Gasteiger charge is 2.19. The zero-order chi connectivity index (χ0) is 20.3. The van der Waals surface area contributed by atoms with Crippen molar-refractivity contribution < 1.29 is 0 Å². The standard InChI is InChI=1S/C24H22N4OS/c29-24-25-20(27-15-8-3-9-16-27)14-17-28(24)22-21(18-10-4-1-5-11-18)30-23(26-22)19-12-6-2-7-13-19/h1-2,4-7,10-14,17H,3,8-9,15-16H2. The molecule has 5 nitrogen and oxygen atoms in total. The van der Waals surface area contributed by atoms with Gasteiger partial charge in [-0.1, -0.05) is 60.7 Å². The Morgan fingerprint density at radius 3 is 2.10 bits per heavy atom. The second-order valence-corrected chi connectivity index (χ2v) is 8.39. The number of piperidine rings is 1. The minimum atomic E-state index is -0.292. The van der Waals surface area contributed by atoms with Gasteiger partial charge >= 0.3 is 5.69 Å². The van der Waals surface area contributed by atoms with E-state index in [0.29, 0.717) is 5.82 Å². The molecule has 5 rings (SSSR count). The summed E-state index contributed by atoms with van der Waals surface area (Å²) in [5.74, 6) is 1.39. The van der Waals surface area contributed by atoms with Crippen LogP contribution < -0.4 is 10.6 Å². The molecule has 0 spiro atoms. The second-order valence-electron chi connectivity index (χ2n) is 7.39. The van der Waals surface area contributed by atoms with E-state index in [1.165, 1.54) is 6.42 Å². The van der Waals surface area contributed by atoms with Crippen molar-refractivity contribution in [2.45, 2.75) is 19.3 Å². The van der Waals surface area contributed by atoms with Crippen molar-refractivity contribution in [2.75, 3.05) is 18.0 Å². The van der Waals surface area contributed by atoms with Crippen molar-refractivity contribution in [2.24, 2.45) is 0 Å². The summed E-state index contributed by atoms with van der Waals surface area (Å²) in [7, 11) is 0. The van der Waals surface area contributed by atoms with Crippen LogP contribution in [0.25, 0.3) is 26.8 Å². The van der Waals surface area contributed by atoms with Crippen LogP contribution in [0.1, 0.15) is 19.3 Å². The van der Waals surface area contributed by atoms with Crippen LogP contribution in [0.4, 0.5) is 5.82 Å². The van der Waals surface area contributed by atoms with E-state index in [1.54, 1.807) is 15.9 Å². The smallest absolute Gasteiger partial charge is 0.355 e. The molecule has 0 bridgehead atoms. The molecule has 1 fully saturated rings. The van der Waals surface area contributed by atoms with E-state index in [4.69, 9.17) is 4.98 Å². The summed E-state index contributed by atoms with van der Waals surface area (Å²) in [5.41, 5.74) is 1.79. The molecular formula is C24H22N4OS. The molecule has 6 heteroatoms. The highest BCUT2D eigenvalue weighted by atomic mass is 32.1. The summed E-state index contributed by atoms with van der Waals surface area (Å²) < 4.78 is 1.57. The molecule has 1 saturated heterocycles. The van der Waals surface area contributed by atoms with E-state index >= 15 is 0 Å². The second kappa shape index (κ2) is 8.24. The Balaban J connectivity index is 1.61. The van der Waals surface area contributed by atoms with Gasteiger partial charge in [-0.15, -0.1) is 11.3 Å². The first-order chi connectivity index (χ1) is 14.8. The first-order valence-corrected chi connectivity index (χ1v) is 11.1.